The molecule has 4 heteroatoms. The minimum Gasteiger partial charge on any atom is -0.314 e. The molecule has 1 aromatic rings. The van der Waals surface area contributed by atoms with Crippen LogP contribution in [0.25, 0.3) is 0 Å². The van der Waals surface area contributed by atoms with Crippen molar-refractivity contribution in [3.8, 4) is 0 Å². The number of rotatable bonds is 5. The van der Waals surface area contributed by atoms with E-state index in [4.69, 9.17) is 0 Å². The van der Waals surface area contributed by atoms with Gasteiger partial charge in [-0.2, -0.15) is 0 Å². The lowest BCUT2D eigenvalue weighted by atomic mass is 9.89. The average Bonchev–Trinajstić information content (AvgIpc) is 2.44. The smallest absolute Gasteiger partial charge is 0.129 e. The fourth-order valence-electron chi connectivity index (χ4n) is 3.19. The van der Waals surface area contributed by atoms with E-state index in [2.05, 4.69) is 40.0 Å². The quantitative estimate of drug-likeness (QED) is 0.870. The molecular weight excluding hydrogens is 319 g/mol. The highest BCUT2D eigenvalue weighted by molar-refractivity contribution is 9.10. The molecule has 20 heavy (non-hydrogen) atoms. The van der Waals surface area contributed by atoms with E-state index in [1.165, 1.54) is 0 Å². The van der Waals surface area contributed by atoms with Gasteiger partial charge in [0.25, 0.3) is 0 Å². The van der Waals surface area contributed by atoms with Crippen LogP contribution in [0.4, 0.5) is 4.39 Å². The minimum absolute atomic E-state index is 0.0918. The van der Waals surface area contributed by atoms with Gasteiger partial charge < -0.3 is 5.32 Å². The molecule has 1 unspecified atom stereocenters. The van der Waals surface area contributed by atoms with Gasteiger partial charge in [-0.05, 0) is 24.5 Å². The molecule has 1 N–H and O–H groups in total. The van der Waals surface area contributed by atoms with Crippen LogP contribution < -0.4 is 5.32 Å². The standard InChI is InChI=1S/C16H24BrFN2/c1-3-5-12(2)16(20-10-8-19-9-11-20)15-13(17)6-4-7-14(15)18/h4,6-7,12,16,19H,3,5,8-11H2,1-2H3/t12?,16-/m0/s1. The van der Waals surface area contributed by atoms with E-state index < -0.39 is 0 Å². The van der Waals surface area contributed by atoms with Crippen LogP contribution in [0.5, 0.6) is 0 Å². The SMILES string of the molecule is CCCC(C)[C@@H](c1c(F)cccc1Br)N1CCNCC1. The summed E-state index contributed by atoms with van der Waals surface area (Å²) in [6, 6.07) is 5.45. The largest absolute Gasteiger partial charge is 0.314 e. The predicted octanol–water partition coefficient (Wildman–Crippen LogP) is 3.97. The first kappa shape index (κ1) is 15.9. The lowest BCUT2D eigenvalue weighted by Crippen LogP contribution is -2.47. The molecule has 0 spiro atoms. The summed E-state index contributed by atoms with van der Waals surface area (Å²) in [5.41, 5.74) is 0.829. The number of hydrogen-bond donors (Lipinski definition) is 1. The molecule has 1 aliphatic rings. The zero-order valence-electron chi connectivity index (χ0n) is 12.3. The number of nitrogens with zero attached hydrogens (tertiary/aromatic N) is 1. The molecule has 2 rings (SSSR count). The van der Waals surface area contributed by atoms with Gasteiger partial charge in [-0.25, -0.2) is 4.39 Å². The zero-order valence-corrected chi connectivity index (χ0v) is 13.9. The fraction of sp³-hybridized carbons (Fsp3) is 0.625. The number of piperazine rings is 1. The molecule has 0 aromatic heterocycles. The van der Waals surface area contributed by atoms with Gasteiger partial charge in [0.05, 0.1) is 0 Å². The summed E-state index contributed by atoms with van der Waals surface area (Å²) < 4.78 is 15.3. The molecule has 2 nitrogen and oxygen atoms in total. The van der Waals surface area contributed by atoms with Crippen molar-refractivity contribution in [2.45, 2.75) is 32.7 Å². The Morgan fingerprint density at radius 2 is 2.05 bits per heavy atom. The highest BCUT2D eigenvalue weighted by Crippen LogP contribution is 2.37. The summed E-state index contributed by atoms with van der Waals surface area (Å²) in [4.78, 5) is 2.43. The van der Waals surface area contributed by atoms with Crippen molar-refractivity contribution in [2.75, 3.05) is 26.2 Å². The normalized spacial score (nSPS) is 19.8. The molecular formula is C16H24BrFN2. The molecule has 1 aromatic carbocycles. The molecule has 112 valence electrons. The molecule has 0 amide bonds. The number of benzene rings is 1. The second-order valence-corrected chi connectivity index (χ2v) is 6.49. The maximum Gasteiger partial charge on any atom is 0.129 e. The first-order valence-electron chi connectivity index (χ1n) is 7.53. The Hall–Kier alpha value is -0.450. The topological polar surface area (TPSA) is 15.3 Å². The molecule has 0 radical (unpaired) electrons. The van der Waals surface area contributed by atoms with Crippen molar-refractivity contribution in [3.05, 3.63) is 34.1 Å². The summed E-state index contributed by atoms with van der Waals surface area (Å²) in [6.07, 6.45) is 2.26. The molecule has 1 heterocycles. The molecule has 1 aliphatic heterocycles. The average molecular weight is 343 g/mol. The Bertz CT molecular complexity index is 412. The number of nitrogens with one attached hydrogen (secondary N) is 1. The maximum atomic E-state index is 14.4. The Morgan fingerprint density at radius 3 is 2.65 bits per heavy atom. The van der Waals surface area contributed by atoms with Crippen LogP contribution in [-0.4, -0.2) is 31.1 Å². The first-order valence-corrected chi connectivity index (χ1v) is 8.33. The Balaban J connectivity index is 2.34. The zero-order chi connectivity index (χ0) is 14.5. The van der Waals surface area contributed by atoms with Crippen molar-refractivity contribution >= 4 is 15.9 Å². The second kappa shape index (κ2) is 7.53. The Kier molecular flexibility index (Phi) is 6.00. The first-order chi connectivity index (χ1) is 9.65. The minimum atomic E-state index is -0.0918. The number of halogens is 2. The van der Waals surface area contributed by atoms with Crippen LogP contribution in [0.3, 0.4) is 0 Å². The third-order valence-electron chi connectivity index (χ3n) is 4.12. The van der Waals surface area contributed by atoms with Crippen molar-refractivity contribution in [1.29, 1.82) is 0 Å². The van der Waals surface area contributed by atoms with Crippen LogP contribution in [0.15, 0.2) is 22.7 Å². The summed E-state index contributed by atoms with van der Waals surface area (Å²) in [7, 11) is 0. The van der Waals surface area contributed by atoms with Crippen LogP contribution in [0, 0.1) is 11.7 Å². The number of hydrogen-bond acceptors (Lipinski definition) is 2. The van der Waals surface area contributed by atoms with Crippen LogP contribution in [0.2, 0.25) is 0 Å². The third kappa shape index (κ3) is 3.60. The van der Waals surface area contributed by atoms with Gasteiger partial charge in [-0.1, -0.05) is 42.3 Å². The van der Waals surface area contributed by atoms with Crippen molar-refractivity contribution < 1.29 is 4.39 Å². The second-order valence-electron chi connectivity index (χ2n) is 5.63. The van der Waals surface area contributed by atoms with E-state index in [9.17, 15) is 4.39 Å². The molecule has 1 saturated heterocycles. The van der Waals surface area contributed by atoms with E-state index in [-0.39, 0.29) is 11.9 Å². The van der Waals surface area contributed by atoms with E-state index in [1.54, 1.807) is 12.1 Å². The monoisotopic (exact) mass is 342 g/mol. The molecule has 1 fully saturated rings. The summed E-state index contributed by atoms with van der Waals surface area (Å²) >= 11 is 3.55. The lowest BCUT2D eigenvalue weighted by molar-refractivity contribution is 0.122. The summed E-state index contributed by atoms with van der Waals surface area (Å²) in [5, 5.41) is 3.37. The van der Waals surface area contributed by atoms with Crippen molar-refractivity contribution in [3.63, 3.8) is 0 Å². The van der Waals surface area contributed by atoms with Gasteiger partial charge >= 0.3 is 0 Å². The maximum absolute atomic E-state index is 14.4. The van der Waals surface area contributed by atoms with Crippen LogP contribution >= 0.6 is 15.9 Å². The van der Waals surface area contributed by atoms with Gasteiger partial charge in [-0.3, -0.25) is 4.90 Å². The van der Waals surface area contributed by atoms with Gasteiger partial charge in [0.15, 0.2) is 0 Å². The van der Waals surface area contributed by atoms with Gasteiger partial charge in [-0.15, -0.1) is 0 Å². The summed E-state index contributed by atoms with van der Waals surface area (Å²) in [5.74, 6) is 0.358. The van der Waals surface area contributed by atoms with E-state index in [0.29, 0.717) is 5.92 Å². The van der Waals surface area contributed by atoms with Gasteiger partial charge in [0.2, 0.25) is 0 Å². The van der Waals surface area contributed by atoms with E-state index in [1.807, 2.05) is 6.07 Å². The van der Waals surface area contributed by atoms with Gasteiger partial charge in [0.1, 0.15) is 5.82 Å². The van der Waals surface area contributed by atoms with Crippen molar-refractivity contribution in [1.82, 2.24) is 10.2 Å². The van der Waals surface area contributed by atoms with Crippen molar-refractivity contribution in [2.24, 2.45) is 5.92 Å². The molecule has 0 bridgehead atoms. The van der Waals surface area contributed by atoms with E-state index >= 15 is 0 Å². The third-order valence-corrected chi connectivity index (χ3v) is 4.81. The Labute approximate surface area is 129 Å². The van der Waals surface area contributed by atoms with Gasteiger partial charge in [0, 0.05) is 42.3 Å². The summed E-state index contributed by atoms with van der Waals surface area (Å²) in [6.45, 7) is 8.39. The highest BCUT2D eigenvalue weighted by Gasteiger charge is 2.30. The Morgan fingerprint density at radius 1 is 1.35 bits per heavy atom. The van der Waals surface area contributed by atoms with Crippen LogP contribution in [-0.2, 0) is 0 Å². The fourth-order valence-corrected chi connectivity index (χ4v) is 3.77. The molecule has 0 saturated carbocycles. The molecule has 2 atom stereocenters. The van der Waals surface area contributed by atoms with Crippen LogP contribution in [0.1, 0.15) is 38.3 Å². The molecule has 0 aliphatic carbocycles. The van der Waals surface area contributed by atoms with E-state index in [0.717, 1.165) is 49.1 Å². The lowest BCUT2D eigenvalue weighted by Gasteiger charge is -2.39. The predicted molar refractivity (Wildman–Crippen MR) is 85.4 cm³/mol. The highest BCUT2D eigenvalue weighted by atomic mass is 79.9.